The Labute approximate surface area is 274 Å². The van der Waals surface area contributed by atoms with E-state index in [4.69, 9.17) is 46.7 Å². The summed E-state index contributed by atoms with van der Waals surface area (Å²) in [4.78, 5) is 50.8. The normalized spacial score (nSPS) is 30.3. The minimum atomic E-state index is -5.50. The molecule has 0 aromatic carbocycles. The molecule has 0 saturated carbocycles. The molecule has 3 aromatic heterocycles. The first-order valence-electron chi connectivity index (χ1n) is 13.3. The average molecular weight is 760 g/mol. The fourth-order valence-corrected chi connectivity index (χ4v) is 7.59. The van der Waals surface area contributed by atoms with Crippen LogP contribution >= 0.6 is 35.7 Å². The maximum atomic E-state index is 12.6. The number of phosphoric ester groups is 3. The first-order chi connectivity index (χ1) is 22.4. The van der Waals surface area contributed by atoms with Crippen molar-refractivity contribution in [2.45, 2.75) is 49.1 Å². The van der Waals surface area contributed by atoms with E-state index in [1.54, 1.807) is 12.1 Å². The molecular formula is C21H29N7O16P3S+. The smallest absolute Gasteiger partial charge is 0.389 e. The number of nitrogens with zero attached hydrogens (tertiary/aromatic N) is 5. The highest BCUT2D eigenvalue weighted by Gasteiger charge is 2.51. The van der Waals surface area contributed by atoms with E-state index in [2.05, 4.69) is 19.3 Å². The van der Waals surface area contributed by atoms with Crippen LogP contribution in [0.15, 0.2) is 37.2 Å². The zero-order chi connectivity index (χ0) is 35.2. The monoisotopic (exact) mass is 760 g/mol. The Kier molecular flexibility index (Phi) is 10.8. The summed E-state index contributed by atoms with van der Waals surface area (Å²) in [5, 5.41) is 31.6. The Hall–Kier alpha value is -2.44. The predicted molar refractivity (Wildman–Crippen MR) is 158 cm³/mol. The molecule has 5 heterocycles. The standard InChI is InChI=1S/C21H28N7O16P3S/c22-17-12-19(25-7-24-17)28(8-26-12)21-16(43-45(32,33)34)14(30)11(42-21)6-40-47(37,38)44-46(35,36)39-5-10-13(29)15(31)20(41-10)27-3-1-2-9(4-27)18(23)48/h1-4,7-8,10-11,13-16,20-21,29-31H,5-6H2,(H7-,22,23,24,25,32,33,34,35,36,37,38,48)/p+1. The molecule has 11 N–H and O–H groups in total. The molecule has 2 aliphatic rings. The number of rotatable bonds is 13. The van der Waals surface area contributed by atoms with Crippen molar-refractivity contribution in [1.82, 2.24) is 19.5 Å². The fraction of sp³-hybridized carbons (Fsp3) is 0.476. The predicted octanol–water partition coefficient (Wildman–Crippen LogP) is -2.36. The van der Waals surface area contributed by atoms with Gasteiger partial charge in [0.05, 0.1) is 25.1 Å². The molecule has 10 atom stereocenters. The number of hydrogen-bond acceptors (Lipinski definition) is 17. The molecule has 10 unspecified atom stereocenters. The Morgan fingerprint density at radius 1 is 0.979 bits per heavy atom. The van der Waals surface area contributed by atoms with Gasteiger partial charge in [0.25, 0.3) is 6.23 Å². The number of phosphoric acid groups is 3. The SMILES string of the molecule is NC(=S)c1ccc[n+](C2OC(COP(=O)(O)OP(=O)(O)OCC3OC(n4cnc5c(N)ncnc54)C(OP(=O)(O)O)C3O)C(O)C2O)c1. The Balaban J connectivity index is 1.21. The summed E-state index contributed by atoms with van der Waals surface area (Å²) in [6.45, 7) is -1.98. The summed E-state index contributed by atoms with van der Waals surface area (Å²) in [7, 11) is -16.2. The number of aliphatic hydroxyl groups is 3. The van der Waals surface area contributed by atoms with Crippen LogP contribution in [0, 0.1) is 0 Å². The quantitative estimate of drug-likeness (QED) is 0.0499. The lowest BCUT2D eigenvalue weighted by Crippen LogP contribution is -2.46. The van der Waals surface area contributed by atoms with Crippen LogP contribution in [0.25, 0.3) is 11.2 Å². The molecule has 23 nitrogen and oxygen atoms in total. The lowest BCUT2D eigenvalue weighted by molar-refractivity contribution is -0.765. The van der Waals surface area contributed by atoms with Crippen LogP contribution in [0.1, 0.15) is 18.0 Å². The van der Waals surface area contributed by atoms with Crippen molar-refractivity contribution in [2.24, 2.45) is 5.73 Å². The van der Waals surface area contributed by atoms with E-state index in [0.717, 1.165) is 17.2 Å². The third kappa shape index (κ3) is 8.29. The lowest BCUT2D eigenvalue weighted by Gasteiger charge is -2.22. The van der Waals surface area contributed by atoms with Gasteiger partial charge in [-0.1, -0.05) is 12.2 Å². The van der Waals surface area contributed by atoms with Crippen molar-refractivity contribution in [2.75, 3.05) is 18.9 Å². The molecule has 0 amide bonds. The van der Waals surface area contributed by atoms with Gasteiger partial charge in [-0.15, -0.1) is 0 Å². The molecule has 0 radical (unpaired) electrons. The van der Waals surface area contributed by atoms with E-state index in [9.17, 15) is 48.6 Å². The van der Waals surface area contributed by atoms with Crippen molar-refractivity contribution >= 4 is 57.7 Å². The fourth-order valence-electron chi connectivity index (χ4n) is 4.83. The second-order valence-corrected chi connectivity index (χ2v) is 14.9. The molecule has 2 saturated heterocycles. The van der Waals surface area contributed by atoms with Gasteiger partial charge >= 0.3 is 23.5 Å². The number of aliphatic hydroxyl groups excluding tert-OH is 3. The van der Waals surface area contributed by atoms with Gasteiger partial charge in [-0.05, 0) is 6.07 Å². The largest absolute Gasteiger partial charge is 0.481 e. The van der Waals surface area contributed by atoms with Gasteiger partial charge in [-0.2, -0.15) is 8.88 Å². The highest BCUT2D eigenvalue weighted by Crippen LogP contribution is 2.61. The number of nitrogens with two attached hydrogens (primary N) is 2. The van der Waals surface area contributed by atoms with Gasteiger partial charge in [-0.25, -0.2) is 28.6 Å². The van der Waals surface area contributed by atoms with Gasteiger partial charge < -0.3 is 55.8 Å². The van der Waals surface area contributed by atoms with Crippen molar-refractivity contribution in [3.05, 3.63) is 42.7 Å². The van der Waals surface area contributed by atoms with Gasteiger partial charge in [-0.3, -0.25) is 18.1 Å². The zero-order valence-corrected chi connectivity index (χ0v) is 27.4. The second-order valence-electron chi connectivity index (χ2n) is 10.3. The zero-order valence-electron chi connectivity index (χ0n) is 23.9. The molecule has 0 spiro atoms. The van der Waals surface area contributed by atoms with E-state index in [0.29, 0.717) is 5.56 Å². The Morgan fingerprint density at radius 2 is 1.62 bits per heavy atom. The minimum absolute atomic E-state index is 0.0112. The van der Waals surface area contributed by atoms with E-state index in [1.165, 1.54) is 17.0 Å². The van der Waals surface area contributed by atoms with Crippen LogP contribution < -0.4 is 16.0 Å². The third-order valence-electron chi connectivity index (χ3n) is 6.98. The van der Waals surface area contributed by atoms with Gasteiger partial charge in [0.2, 0.25) is 0 Å². The molecule has 264 valence electrons. The molecule has 0 aliphatic carbocycles. The highest BCUT2D eigenvalue weighted by molar-refractivity contribution is 7.80. The summed E-state index contributed by atoms with van der Waals surface area (Å²) in [6.07, 6.45) is -7.76. The van der Waals surface area contributed by atoms with Crippen LogP contribution in [-0.2, 0) is 41.1 Å². The van der Waals surface area contributed by atoms with Crippen molar-refractivity contribution in [3.8, 4) is 0 Å². The number of nitrogen functional groups attached to an aromatic ring is 1. The Bertz CT molecular complexity index is 1820. The maximum absolute atomic E-state index is 12.6. The number of anilines is 1. The number of thiocarbonyl (C=S) groups is 1. The number of pyridine rings is 1. The molecule has 3 aromatic rings. The molecule has 0 bridgehead atoms. The first-order valence-corrected chi connectivity index (χ1v) is 18.3. The van der Waals surface area contributed by atoms with E-state index >= 15 is 0 Å². The summed E-state index contributed by atoms with van der Waals surface area (Å²) in [5.74, 6) is -0.0510. The number of hydrogen-bond donors (Lipinski definition) is 9. The van der Waals surface area contributed by atoms with Gasteiger partial charge in [0.15, 0.2) is 36.2 Å². The molecular weight excluding hydrogens is 731 g/mol. The first kappa shape index (κ1) is 36.8. The van der Waals surface area contributed by atoms with E-state index < -0.39 is 85.8 Å². The number of fused-ring (bicyclic) bond motifs is 1. The molecule has 2 fully saturated rings. The van der Waals surface area contributed by atoms with Crippen LogP contribution in [0.5, 0.6) is 0 Å². The lowest BCUT2D eigenvalue weighted by atomic mass is 10.1. The van der Waals surface area contributed by atoms with Gasteiger partial charge in [0.1, 0.15) is 47.4 Å². The highest BCUT2D eigenvalue weighted by atomic mass is 32.1. The second kappa shape index (κ2) is 14.1. The van der Waals surface area contributed by atoms with E-state index in [1.807, 2.05) is 0 Å². The summed E-state index contributed by atoms with van der Waals surface area (Å²) >= 11 is 4.92. The topological polar surface area (TPSA) is 348 Å². The Morgan fingerprint density at radius 3 is 2.25 bits per heavy atom. The molecule has 27 heteroatoms. The number of aromatic nitrogens is 5. The van der Waals surface area contributed by atoms with E-state index in [-0.39, 0.29) is 22.0 Å². The maximum Gasteiger partial charge on any atom is 0.481 e. The van der Waals surface area contributed by atoms with Crippen LogP contribution in [-0.4, -0.2) is 109 Å². The van der Waals surface area contributed by atoms with Crippen molar-refractivity contribution < 1.29 is 80.5 Å². The minimum Gasteiger partial charge on any atom is -0.389 e. The van der Waals surface area contributed by atoms with Crippen molar-refractivity contribution in [1.29, 1.82) is 0 Å². The molecule has 48 heavy (non-hydrogen) atoms. The molecule has 2 aliphatic heterocycles. The number of ether oxygens (including phenoxy) is 2. The average Bonchev–Trinajstić information content (AvgIpc) is 3.64. The summed E-state index contributed by atoms with van der Waals surface area (Å²) in [6, 6.07) is 3.13. The summed E-state index contributed by atoms with van der Waals surface area (Å²) in [5.41, 5.74) is 11.9. The van der Waals surface area contributed by atoms with Crippen molar-refractivity contribution in [3.63, 3.8) is 0 Å². The number of imidazole rings is 1. The van der Waals surface area contributed by atoms with Crippen LogP contribution in [0.2, 0.25) is 0 Å². The van der Waals surface area contributed by atoms with Gasteiger partial charge in [0, 0.05) is 6.07 Å². The molecule has 5 rings (SSSR count). The van der Waals surface area contributed by atoms with Crippen LogP contribution in [0.3, 0.4) is 0 Å². The van der Waals surface area contributed by atoms with Crippen LogP contribution in [0.4, 0.5) is 5.82 Å². The summed E-state index contributed by atoms with van der Waals surface area (Å²) < 4.78 is 68.7. The third-order valence-corrected chi connectivity index (χ3v) is 10.3.